The lowest BCUT2D eigenvalue weighted by molar-refractivity contribution is -0.115. The third-order valence-corrected chi connectivity index (χ3v) is 4.47. The smallest absolute Gasteiger partial charge is 0.230 e. The molecule has 1 aromatic carbocycles. The molecular weight excluding hydrogens is 318 g/mol. The minimum atomic E-state index is -0.0592. The van der Waals surface area contributed by atoms with Crippen molar-refractivity contribution in [1.82, 2.24) is 9.97 Å². The van der Waals surface area contributed by atoms with Crippen LogP contribution >= 0.6 is 11.3 Å². The van der Waals surface area contributed by atoms with Crippen LogP contribution in [0.1, 0.15) is 24.6 Å². The summed E-state index contributed by atoms with van der Waals surface area (Å²) in [6.07, 6.45) is 4.18. The molecule has 5 heteroatoms. The predicted molar refractivity (Wildman–Crippen MR) is 98.1 cm³/mol. The molecule has 0 aliphatic carbocycles. The number of hydrogen-bond donors (Lipinski definition) is 1. The maximum atomic E-state index is 12.2. The van der Waals surface area contributed by atoms with Gasteiger partial charge < -0.3 is 5.32 Å². The molecule has 0 saturated carbocycles. The lowest BCUT2D eigenvalue weighted by Crippen LogP contribution is -2.14. The molecule has 0 fully saturated rings. The van der Waals surface area contributed by atoms with E-state index in [4.69, 9.17) is 0 Å². The number of nitrogens with zero attached hydrogens (tertiary/aromatic N) is 2. The summed E-state index contributed by atoms with van der Waals surface area (Å²) in [5, 5.41) is 5.66. The van der Waals surface area contributed by atoms with Gasteiger partial charge in [-0.1, -0.05) is 31.5 Å². The van der Waals surface area contributed by atoms with Crippen molar-refractivity contribution < 1.29 is 4.79 Å². The molecule has 0 saturated heterocycles. The van der Waals surface area contributed by atoms with Crippen LogP contribution in [0, 0.1) is 0 Å². The Hall–Kier alpha value is -2.53. The molecule has 0 aliphatic heterocycles. The fraction of sp³-hybridized carbons (Fsp3) is 0.211. The number of aryl methyl sites for hydroxylation is 1. The highest BCUT2D eigenvalue weighted by atomic mass is 32.1. The van der Waals surface area contributed by atoms with Crippen LogP contribution in [-0.4, -0.2) is 15.9 Å². The SMILES string of the molecule is CCCc1ccc(NC(=O)Cc2csc(-c3ccccn3)n2)cc1. The van der Waals surface area contributed by atoms with E-state index in [1.165, 1.54) is 16.9 Å². The fourth-order valence-corrected chi connectivity index (χ4v) is 3.20. The molecule has 2 heterocycles. The third kappa shape index (κ3) is 4.26. The number of thiazole rings is 1. The largest absolute Gasteiger partial charge is 0.326 e. The van der Waals surface area contributed by atoms with Crippen LogP contribution in [-0.2, 0) is 17.6 Å². The molecule has 0 radical (unpaired) electrons. The van der Waals surface area contributed by atoms with Crippen molar-refractivity contribution in [3.05, 3.63) is 65.3 Å². The maximum Gasteiger partial charge on any atom is 0.230 e. The molecule has 2 aromatic heterocycles. The van der Waals surface area contributed by atoms with Gasteiger partial charge in [-0.15, -0.1) is 11.3 Å². The van der Waals surface area contributed by atoms with Gasteiger partial charge >= 0.3 is 0 Å². The Bertz CT molecular complexity index is 797. The highest BCUT2D eigenvalue weighted by Crippen LogP contribution is 2.21. The van der Waals surface area contributed by atoms with Crippen molar-refractivity contribution in [2.45, 2.75) is 26.2 Å². The summed E-state index contributed by atoms with van der Waals surface area (Å²) in [6.45, 7) is 2.16. The van der Waals surface area contributed by atoms with Gasteiger partial charge in [0.25, 0.3) is 0 Å². The standard InChI is InChI=1S/C19H19N3OS/c1-2-5-14-7-9-15(10-8-14)21-18(23)12-16-13-24-19(22-16)17-6-3-4-11-20-17/h3-4,6-11,13H,2,5,12H2,1H3,(H,21,23). The zero-order valence-electron chi connectivity index (χ0n) is 13.5. The van der Waals surface area contributed by atoms with Crippen molar-refractivity contribution in [3.8, 4) is 10.7 Å². The highest BCUT2D eigenvalue weighted by molar-refractivity contribution is 7.13. The zero-order valence-corrected chi connectivity index (χ0v) is 14.3. The van der Waals surface area contributed by atoms with Crippen LogP contribution in [0.5, 0.6) is 0 Å². The highest BCUT2D eigenvalue weighted by Gasteiger charge is 2.10. The molecular formula is C19H19N3OS. The van der Waals surface area contributed by atoms with Crippen LogP contribution in [0.25, 0.3) is 10.7 Å². The van der Waals surface area contributed by atoms with Crippen LogP contribution in [0.3, 0.4) is 0 Å². The van der Waals surface area contributed by atoms with Crippen LogP contribution < -0.4 is 5.32 Å². The first-order chi connectivity index (χ1) is 11.7. The number of hydrogen-bond acceptors (Lipinski definition) is 4. The maximum absolute atomic E-state index is 12.2. The van der Waals surface area contributed by atoms with Gasteiger partial charge in [0, 0.05) is 17.3 Å². The molecule has 0 unspecified atom stereocenters. The van der Waals surface area contributed by atoms with Crippen molar-refractivity contribution in [1.29, 1.82) is 0 Å². The number of pyridine rings is 1. The van der Waals surface area contributed by atoms with Crippen LogP contribution in [0.15, 0.2) is 54.0 Å². The summed E-state index contributed by atoms with van der Waals surface area (Å²) in [4.78, 5) is 21.0. The van der Waals surface area contributed by atoms with E-state index in [-0.39, 0.29) is 12.3 Å². The molecule has 0 atom stereocenters. The van der Waals surface area contributed by atoms with Gasteiger partial charge in [-0.2, -0.15) is 0 Å². The van der Waals surface area contributed by atoms with E-state index >= 15 is 0 Å². The summed E-state index contributed by atoms with van der Waals surface area (Å²) < 4.78 is 0. The number of carbonyl (C=O) groups excluding carboxylic acids is 1. The second kappa shape index (κ2) is 7.84. The van der Waals surface area contributed by atoms with E-state index in [0.717, 1.165) is 34.9 Å². The van der Waals surface area contributed by atoms with Crippen molar-refractivity contribution in [2.75, 3.05) is 5.32 Å². The van der Waals surface area contributed by atoms with Gasteiger partial charge in [0.05, 0.1) is 17.8 Å². The Morgan fingerprint density at radius 3 is 2.71 bits per heavy atom. The Kier molecular flexibility index (Phi) is 5.33. The lowest BCUT2D eigenvalue weighted by atomic mass is 10.1. The summed E-state index contributed by atoms with van der Waals surface area (Å²) in [6, 6.07) is 13.7. The van der Waals surface area contributed by atoms with E-state index in [9.17, 15) is 4.79 Å². The van der Waals surface area contributed by atoms with E-state index in [1.807, 2.05) is 35.7 Å². The Morgan fingerprint density at radius 1 is 1.17 bits per heavy atom. The minimum Gasteiger partial charge on any atom is -0.326 e. The first-order valence-electron chi connectivity index (χ1n) is 7.99. The number of carbonyl (C=O) groups is 1. The van der Waals surface area contributed by atoms with Gasteiger partial charge in [-0.05, 0) is 36.2 Å². The Morgan fingerprint density at radius 2 is 2.00 bits per heavy atom. The second-order valence-electron chi connectivity index (χ2n) is 5.53. The van der Waals surface area contributed by atoms with E-state index in [2.05, 4.69) is 34.3 Å². The molecule has 3 rings (SSSR count). The van der Waals surface area contributed by atoms with Crippen molar-refractivity contribution in [3.63, 3.8) is 0 Å². The Labute approximate surface area is 145 Å². The molecule has 1 amide bonds. The average molecular weight is 337 g/mol. The van der Waals surface area contributed by atoms with E-state index in [0.29, 0.717) is 0 Å². The zero-order chi connectivity index (χ0) is 16.8. The average Bonchev–Trinajstić information content (AvgIpc) is 3.06. The van der Waals surface area contributed by atoms with E-state index < -0.39 is 0 Å². The van der Waals surface area contributed by atoms with Crippen LogP contribution in [0.4, 0.5) is 5.69 Å². The number of amides is 1. The summed E-state index contributed by atoms with van der Waals surface area (Å²) in [5.74, 6) is -0.0592. The van der Waals surface area contributed by atoms with E-state index in [1.54, 1.807) is 6.20 Å². The molecule has 24 heavy (non-hydrogen) atoms. The number of aromatic nitrogens is 2. The molecule has 0 spiro atoms. The Balaban J connectivity index is 1.60. The molecule has 0 bridgehead atoms. The summed E-state index contributed by atoms with van der Waals surface area (Å²) in [7, 11) is 0. The fourth-order valence-electron chi connectivity index (χ4n) is 2.41. The lowest BCUT2D eigenvalue weighted by Gasteiger charge is -2.05. The third-order valence-electron chi connectivity index (χ3n) is 3.55. The topological polar surface area (TPSA) is 54.9 Å². The van der Waals surface area contributed by atoms with Gasteiger partial charge in [-0.3, -0.25) is 9.78 Å². The quantitative estimate of drug-likeness (QED) is 0.728. The number of nitrogens with one attached hydrogen (secondary N) is 1. The van der Waals surface area contributed by atoms with Crippen molar-refractivity contribution >= 4 is 22.9 Å². The molecule has 122 valence electrons. The van der Waals surface area contributed by atoms with Gasteiger partial charge in [0.1, 0.15) is 5.01 Å². The molecule has 1 N–H and O–H groups in total. The first-order valence-corrected chi connectivity index (χ1v) is 8.87. The number of benzene rings is 1. The molecule has 0 aliphatic rings. The molecule has 4 nitrogen and oxygen atoms in total. The van der Waals surface area contributed by atoms with Gasteiger partial charge in [-0.25, -0.2) is 4.98 Å². The monoisotopic (exact) mass is 337 g/mol. The number of anilines is 1. The van der Waals surface area contributed by atoms with Crippen molar-refractivity contribution in [2.24, 2.45) is 0 Å². The first kappa shape index (κ1) is 16.3. The summed E-state index contributed by atoms with van der Waals surface area (Å²) >= 11 is 1.50. The minimum absolute atomic E-state index is 0.0592. The second-order valence-corrected chi connectivity index (χ2v) is 6.39. The predicted octanol–water partition coefficient (Wildman–Crippen LogP) is 4.34. The van der Waals surface area contributed by atoms with Crippen LogP contribution in [0.2, 0.25) is 0 Å². The number of rotatable bonds is 6. The van der Waals surface area contributed by atoms with Gasteiger partial charge in [0.2, 0.25) is 5.91 Å². The molecule has 3 aromatic rings. The normalized spacial score (nSPS) is 10.5. The van der Waals surface area contributed by atoms with Gasteiger partial charge in [0.15, 0.2) is 0 Å². The summed E-state index contributed by atoms with van der Waals surface area (Å²) in [5.41, 5.74) is 3.71.